The summed E-state index contributed by atoms with van der Waals surface area (Å²) in [5.74, 6) is 3.93. The van der Waals surface area contributed by atoms with Crippen LogP contribution in [0.3, 0.4) is 0 Å². The SMILES string of the molecule is O=c1ccc2c([C@@H](O)CNCCc3ccc(OCCC45CC6CC(CC(C6)C4)C5)cc3)ccc(O)c2[nH]1. The van der Waals surface area contributed by atoms with Crippen molar-refractivity contribution in [2.45, 2.75) is 57.5 Å². The third-order valence-electron chi connectivity index (χ3n) is 9.18. The molecule has 1 heterocycles. The fourth-order valence-electron chi connectivity index (χ4n) is 7.86. The number of aliphatic hydroxyl groups excluding tert-OH is 1. The van der Waals surface area contributed by atoms with Gasteiger partial charge < -0.3 is 25.3 Å². The van der Waals surface area contributed by atoms with Gasteiger partial charge in [-0.2, -0.15) is 0 Å². The number of nitrogens with one attached hydrogen (secondary N) is 2. The third-order valence-corrected chi connectivity index (χ3v) is 9.18. The van der Waals surface area contributed by atoms with E-state index in [-0.39, 0.29) is 11.3 Å². The first-order valence-electron chi connectivity index (χ1n) is 13.9. The quantitative estimate of drug-likeness (QED) is 0.290. The minimum Gasteiger partial charge on any atom is -0.506 e. The average molecular weight is 503 g/mol. The Balaban J connectivity index is 0.952. The molecule has 0 amide bonds. The van der Waals surface area contributed by atoms with E-state index in [1.54, 1.807) is 12.1 Å². The van der Waals surface area contributed by atoms with Gasteiger partial charge in [0.15, 0.2) is 0 Å². The summed E-state index contributed by atoms with van der Waals surface area (Å²) in [6, 6.07) is 14.7. The Morgan fingerprint density at radius 2 is 1.68 bits per heavy atom. The van der Waals surface area contributed by atoms with Crippen LogP contribution in [0.5, 0.6) is 11.5 Å². The van der Waals surface area contributed by atoms with E-state index < -0.39 is 6.10 Å². The van der Waals surface area contributed by atoms with Gasteiger partial charge in [-0.25, -0.2) is 0 Å². The zero-order valence-corrected chi connectivity index (χ0v) is 21.4. The smallest absolute Gasteiger partial charge is 0.248 e. The molecule has 0 spiro atoms. The van der Waals surface area contributed by atoms with Gasteiger partial charge in [0, 0.05) is 18.0 Å². The Bertz CT molecular complexity index is 1260. The molecule has 1 atom stereocenters. The van der Waals surface area contributed by atoms with Crippen LogP contribution in [0, 0.1) is 23.2 Å². The normalized spacial score (nSPS) is 27.0. The minimum atomic E-state index is -0.751. The molecular formula is C31H38N2O4. The Labute approximate surface area is 218 Å². The maximum absolute atomic E-state index is 11.6. The number of benzene rings is 2. The maximum atomic E-state index is 11.6. The fraction of sp³-hybridized carbons (Fsp3) is 0.516. The number of rotatable bonds is 10. The summed E-state index contributed by atoms with van der Waals surface area (Å²) in [5.41, 5.74) is 2.53. The standard InChI is InChI=1S/C31H38N2O4/c34-27-7-5-25(26-6-8-29(36)33-30(26)27)28(35)19-32-11-9-20-1-3-24(4-2-20)37-12-10-31-16-21-13-22(17-31)15-23(14-21)18-31/h1-8,21-23,28,32,34-35H,9-19H2,(H,33,36)/t21?,22?,23?,28-,31?/m0/s1. The van der Waals surface area contributed by atoms with E-state index in [1.165, 1.54) is 62.6 Å². The summed E-state index contributed by atoms with van der Waals surface area (Å²) >= 11 is 0. The van der Waals surface area contributed by atoms with Gasteiger partial charge in [-0.15, -0.1) is 0 Å². The van der Waals surface area contributed by atoms with Crippen LogP contribution in [0.1, 0.15) is 62.2 Å². The number of phenols is 1. The Morgan fingerprint density at radius 3 is 2.38 bits per heavy atom. The third kappa shape index (κ3) is 5.27. The minimum absolute atomic E-state index is 0.00298. The van der Waals surface area contributed by atoms with Crippen molar-refractivity contribution in [2.75, 3.05) is 19.7 Å². The van der Waals surface area contributed by atoms with Gasteiger partial charge in [0.25, 0.3) is 0 Å². The summed E-state index contributed by atoms with van der Waals surface area (Å²) in [5, 5.41) is 24.7. The highest BCUT2D eigenvalue weighted by molar-refractivity contribution is 5.87. The molecule has 3 aromatic rings. The van der Waals surface area contributed by atoms with E-state index in [0.717, 1.165) is 43.1 Å². The molecule has 0 radical (unpaired) electrons. The number of phenolic OH excluding ortho intramolecular Hbond substituents is 1. The van der Waals surface area contributed by atoms with Crippen LogP contribution in [0.25, 0.3) is 10.9 Å². The van der Waals surface area contributed by atoms with E-state index in [4.69, 9.17) is 4.74 Å². The molecule has 2 aromatic carbocycles. The van der Waals surface area contributed by atoms with Crippen molar-refractivity contribution in [3.63, 3.8) is 0 Å². The number of aromatic hydroxyl groups is 1. The van der Waals surface area contributed by atoms with Crippen molar-refractivity contribution >= 4 is 10.9 Å². The molecule has 4 bridgehead atoms. The molecular weight excluding hydrogens is 464 g/mol. The van der Waals surface area contributed by atoms with Gasteiger partial charge in [0.05, 0.1) is 18.2 Å². The van der Waals surface area contributed by atoms with Gasteiger partial charge in [-0.3, -0.25) is 4.79 Å². The highest BCUT2D eigenvalue weighted by atomic mass is 16.5. The predicted molar refractivity (Wildman–Crippen MR) is 145 cm³/mol. The van der Waals surface area contributed by atoms with Crippen molar-refractivity contribution in [1.29, 1.82) is 0 Å². The molecule has 4 fully saturated rings. The van der Waals surface area contributed by atoms with Crippen molar-refractivity contribution < 1.29 is 14.9 Å². The molecule has 4 aliphatic rings. The first-order valence-corrected chi connectivity index (χ1v) is 13.9. The number of aliphatic hydroxyl groups is 1. The van der Waals surface area contributed by atoms with Crippen LogP contribution in [0.15, 0.2) is 53.3 Å². The summed E-state index contributed by atoms with van der Waals surface area (Å²) in [4.78, 5) is 14.2. The molecule has 0 unspecified atom stereocenters. The topological polar surface area (TPSA) is 94.6 Å². The molecule has 7 rings (SSSR count). The van der Waals surface area contributed by atoms with E-state index in [2.05, 4.69) is 34.6 Å². The monoisotopic (exact) mass is 502 g/mol. The molecule has 1 aromatic heterocycles. The van der Waals surface area contributed by atoms with Crippen LogP contribution in [0.4, 0.5) is 0 Å². The summed E-state index contributed by atoms with van der Waals surface area (Å²) in [6.07, 6.45) is 10.1. The molecule has 6 nitrogen and oxygen atoms in total. The van der Waals surface area contributed by atoms with Crippen LogP contribution in [0.2, 0.25) is 0 Å². The van der Waals surface area contributed by atoms with E-state index in [1.807, 2.05) is 0 Å². The van der Waals surface area contributed by atoms with Crippen LogP contribution in [-0.4, -0.2) is 34.9 Å². The lowest BCUT2D eigenvalue weighted by Gasteiger charge is -2.57. The van der Waals surface area contributed by atoms with Crippen molar-refractivity contribution in [1.82, 2.24) is 10.3 Å². The van der Waals surface area contributed by atoms with Crippen molar-refractivity contribution in [3.8, 4) is 11.5 Å². The first-order chi connectivity index (χ1) is 18.0. The molecule has 4 aliphatic carbocycles. The van der Waals surface area contributed by atoms with Gasteiger partial charge in [-0.05, 0) is 116 Å². The number of aromatic nitrogens is 1. The number of aromatic amines is 1. The second-order valence-electron chi connectivity index (χ2n) is 11.9. The van der Waals surface area contributed by atoms with Gasteiger partial charge in [-0.1, -0.05) is 18.2 Å². The number of fused-ring (bicyclic) bond motifs is 1. The predicted octanol–water partition coefficient (Wildman–Crippen LogP) is 5.08. The molecule has 4 saturated carbocycles. The lowest BCUT2D eigenvalue weighted by molar-refractivity contribution is -0.0622. The molecule has 0 saturated heterocycles. The Morgan fingerprint density at radius 1 is 0.973 bits per heavy atom. The van der Waals surface area contributed by atoms with Crippen LogP contribution >= 0.6 is 0 Å². The highest BCUT2D eigenvalue weighted by Gasteiger charge is 2.50. The number of hydrogen-bond acceptors (Lipinski definition) is 5. The number of ether oxygens (including phenoxy) is 1. The zero-order valence-electron chi connectivity index (χ0n) is 21.4. The van der Waals surface area contributed by atoms with E-state index >= 15 is 0 Å². The lowest BCUT2D eigenvalue weighted by atomic mass is 9.49. The molecule has 0 aliphatic heterocycles. The van der Waals surface area contributed by atoms with Crippen molar-refractivity contribution in [3.05, 3.63) is 70.0 Å². The largest absolute Gasteiger partial charge is 0.506 e. The van der Waals surface area contributed by atoms with Gasteiger partial charge in [0.1, 0.15) is 11.5 Å². The van der Waals surface area contributed by atoms with E-state index in [0.29, 0.717) is 28.4 Å². The van der Waals surface area contributed by atoms with Gasteiger partial charge >= 0.3 is 0 Å². The molecule has 196 valence electrons. The van der Waals surface area contributed by atoms with Crippen LogP contribution in [-0.2, 0) is 6.42 Å². The number of hydrogen-bond donors (Lipinski definition) is 4. The van der Waals surface area contributed by atoms with E-state index in [9.17, 15) is 15.0 Å². The summed E-state index contributed by atoms with van der Waals surface area (Å²) < 4.78 is 6.17. The molecule has 37 heavy (non-hydrogen) atoms. The fourth-order valence-corrected chi connectivity index (χ4v) is 7.86. The Hall–Kier alpha value is -2.83. The van der Waals surface area contributed by atoms with Crippen molar-refractivity contribution in [2.24, 2.45) is 23.2 Å². The summed E-state index contributed by atoms with van der Waals surface area (Å²) in [6.45, 7) is 1.94. The average Bonchev–Trinajstić information content (AvgIpc) is 2.87. The number of H-pyrrole nitrogens is 1. The lowest BCUT2D eigenvalue weighted by Crippen LogP contribution is -2.46. The second kappa shape index (κ2) is 10.1. The second-order valence-corrected chi connectivity index (χ2v) is 11.9. The number of pyridine rings is 1. The molecule has 4 N–H and O–H groups in total. The first kappa shape index (κ1) is 24.5. The highest BCUT2D eigenvalue weighted by Crippen LogP contribution is 2.61. The van der Waals surface area contributed by atoms with Gasteiger partial charge in [0.2, 0.25) is 5.56 Å². The summed E-state index contributed by atoms with van der Waals surface area (Å²) in [7, 11) is 0. The maximum Gasteiger partial charge on any atom is 0.248 e. The van der Waals surface area contributed by atoms with Crippen LogP contribution < -0.4 is 15.6 Å². The Kier molecular flexibility index (Phi) is 6.72. The zero-order chi connectivity index (χ0) is 25.4. The molecule has 6 heteroatoms.